The smallest absolute Gasteiger partial charge is 0.217 e. The highest BCUT2D eigenvalue weighted by atomic mass is 16.5. The number of aliphatic hydroxyl groups is 1. The van der Waals surface area contributed by atoms with Crippen LogP contribution in [0.3, 0.4) is 0 Å². The summed E-state index contributed by atoms with van der Waals surface area (Å²) in [4.78, 5) is 14.0. The molecule has 2 N–H and O–H groups in total. The van der Waals surface area contributed by atoms with Gasteiger partial charge in [0, 0.05) is 45.6 Å². The largest absolute Gasteiger partial charge is 0.388 e. The molecule has 29 heavy (non-hydrogen) atoms. The van der Waals surface area contributed by atoms with E-state index in [1.165, 1.54) is 12.5 Å². The molecule has 2 fully saturated rings. The Kier molecular flexibility index (Phi) is 5.46. The Balaban J connectivity index is 1.45. The van der Waals surface area contributed by atoms with E-state index in [2.05, 4.69) is 33.5 Å². The standard InChI is InChI=1S/C22H30N4O3/c1-17(27)24-21(2)10-15-29-22(20(21)28)8-13-25(14-9-22)16-18-6-3-4-7-19(18)26-12-5-11-23-26/h3-7,11-12,20,28H,8-10,13-16H2,1-2H3,(H,24,27)/t20-,21+/m1/s1. The maximum absolute atomic E-state index is 11.6. The van der Waals surface area contributed by atoms with E-state index < -0.39 is 17.2 Å². The second-order valence-corrected chi connectivity index (χ2v) is 8.52. The van der Waals surface area contributed by atoms with Crippen LogP contribution in [0, 0.1) is 0 Å². The maximum atomic E-state index is 11.6. The van der Waals surface area contributed by atoms with Gasteiger partial charge in [-0.3, -0.25) is 9.69 Å². The molecule has 1 aromatic carbocycles. The van der Waals surface area contributed by atoms with Gasteiger partial charge in [0.05, 0.1) is 16.8 Å². The minimum atomic E-state index is -0.717. The number of para-hydroxylation sites is 1. The Morgan fingerprint density at radius 3 is 2.72 bits per heavy atom. The van der Waals surface area contributed by atoms with Gasteiger partial charge in [-0.25, -0.2) is 4.68 Å². The van der Waals surface area contributed by atoms with E-state index in [1.807, 2.05) is 29.9 Å². The molecule has 1 aromatic heterocycles. The first kappa shape index (κ1) is 20.1. The van der Waals surface area contributed by atoms with E-state index in [0.29, 0.717) is 13.0 Å². The van der Waals surface area contributed by atoms with Crippen LogP contribution in [0.2, 0.25) is 0 Å². The first-order chi connectivity index (χ1) is 13.9. The van der Waals surface area contributed by atoms with Crippen molar-refractivity contribution in [2.24, 2.45) is 0 Å². The van der Waals surface area contributed by atoms with Crippen molar-refractivity contribution >= 4 is 5.91 Å². The molecule has 0 saturated carbocycles. The van der Waals surface area contributed by atoms with Crippen LogP contribution in [0.25, 0.3) is 5.69 Å². The van der Waals surface area contributed by atoms with Crippen molar-refractivity contribution in [1.29, 1.82) is 0 Å². The third kappa shape index (κ3) is 3.95. The highest BCUT2D eigenvalue weighted by Gasteiger charge is 2.53. The highest BCUT2D eigenvalue weighted by molar-refractivity contribution is 5.74. The Morgan fingerprint density at radius 1 is 1.28 bits per heavy atom. The summed E-state index contributed by atoms with van der Waals surface area (Å²) in [7, 11) is 0. The number of nitrogens with one attached hydrogen (secondary N) is 1. The van der Waals surface area contributed by atoms with Gasteiger partial charge in [0.15, 0.2) is 0 Å². The molecule has 2 aromatic rings. The van der Waals surface area contributed by atoms with Crippen molar-refractivity contribution < 1.29 is 14.6 Å². The van der Waals surface area contributed by atoms with E-state index in [-0.39, 0.29) is 5.91 Å². The van der Waals surface area contributed by atoms with Gasteiger partial charge in [-0.05, 0) is 43.9 Å². The number of rotatable bonds is 4. The second-order valence-electron chi connectivity index (χ2n) is 8.52. The zero-order chi connectivity index (χ0) is 20.5. The van der Waals surface area contributed by atoms with Crippen LogP contribution in [0.1, 0.15) is 38.7 Å². The van der Waals surface area contributed by atoms with E-state index in [1.54, 1.807) is 6.20 Å². The lowest BCUT2D eigenvalue weighted by Crippen LogP contribution is -2.69. The van der Waals surface area contributed by atoms with Gasteiger partial charge in [-0.2, -0.15) is 5.10 Å². The molecule has 0 aliphatic carbocycles. The van der Waals surface area contributed by atoms with Crippen LogP contribution < -0.4 is 5.32 Å². The molecule has 2 aliphatic heterocycles. The summed E-state index contributed by atoms with van der Waals surface area (Å²) in [6.45, 7) is 6.47. The molecule has 0 unspecified atom stereocenters. The van der Waals surface area contributed by atoms with E-state index >= 15 is 0 Å². The zero-order valence-corrected chi connectivity index (χ0v) is 17.2. The lowest BCUT2D eigenvalue weighted by Gasteiger charge is -2.53. The topological polar surface area (TPSA) is 79.6 Å². The zero-order valence-electron chi connectivity index (χ0n) is 17.2. The third-order valence-corrected chi connectivity index (χ3v) is 6.41. The monoisotopic (exact) mass is 398 g/mol. The molecule has 7 nitrogen and oxygen atoms in total. The fourth-order valence-electron chi connectivity index (χ4n) is 4.82. The Morgan fingerprint density at radius 2 is 2.03 bits per heavy atom. The number of aliphatic hydroxyl groups excluding tert-OH is 1. The Labute approximate surface area is 171 Å². The number of hydrogen-bond donors (Lipinski definition) is 2. The molecule has 4 rings (SSSR count). The van der Waals surface area contributed by atoms with Crippen molar-refractivity contribution in [2.45, 2.75) is 56.9 Å². The number of carbonyl (C=O) groups is 1. The number of piperidine rings is 1. The van der Waals surface area contributed by atoms with Crippen LogP contribution in [-0.2, 0) is 16.1 Å². The molecule has 156 valence electrons. The summed E-state index contributed by atoms with van der Waals surface area (Å²) in [5.74, 6) is -0.115. The minimum absolute atomic E-state index is 0.115. The third-order valence-electron chi connectivity index (χ3n) is 6.41. The van der Waals surface area contributed by atoms with Gasteiger partial charge >= 0.3 is 0 Å². The molecular formula is C22H30N4O3. The van der Waals surface area contributed by atoms with Gasteiger partial charge in [-0.15, -0.1) is 0 Å². The molecule has 1 amide bonds. The number of nitrogens with zero attached hydrogens (tertiary/aromatic N) is 3. The second kappa shape index (κ2) is 7.89. The summed E-state index contributed by atoms with van der Waals surface area (Å²) >= 11 is 0. The van der Waals surface area contributed by atoms with E-state index in [4.69, 9.17) is 4.74 Å². The van der Waals surface area contributed by atoms with Crippen LogP contribution in [0.15, 0.2) is 42.7 Å². The summed E-state index contributed by atoms with van der Waals surface area (Å²) in [6.07, 6.45) is 5.14. The molecular weight excluding hydrogens is 368 g/mol. The molecule has 2 aliphatic rings. The van der Waals surface area contributed by atoms with Gasteiger partial charge in [0.25, 0.3) is 0 Å². The summed E-state index contributed by atoms with van der Waals surface area (Å²) in [5, 5.41) is 18.5. The number of benzene rings is 1. The maximum Gasteiger partial charge on any atom is 0.217 e. The van der Waals surface area contributed by atoms with Crippen molar-refractivity contribution in [1.82, 2.24) is 20.0 Å². The van der Waals surface area contributed by atoms with Crippen LogP contribution in [0.5, 0.6) is 0 Å². The Bertz CT molecular complexity index is 846. The summed E-state index contributed by atoms with van der Waals surface area (Å²) in [6, 6.07) is 10.2. The first-order valence-electron chi connectivity index (χ1n) is 10.3. The van der Waals surface area contributed by atoms with Crippen molar-refractivity contribution in [3.8, 4) is 5.69 Å². The van der Waals surface area contributed by atoms with E-state index in [9.17, 15) is 9.90 Å². The number of aromatic nitrogens is 2. The van der Waals surface area contributed by atoms with Gasteiger partial charge in [0.1, 0.15) is 6.10 Å². The average molecular weight is 399 g/mol. The fourth-order valence-corrected chi connectivity index (χ4v) is 4.82. The molecule has 7 heteroatoms. The van der Waals surface area contributed by atoms with Gasteiger partial charge in [0.2, 0.25) is 5.91 Å². The molecule has 0 radical (unpaired) electrons. The molecule has 3 heterocycles. The van der Waals surface area contributed by atoms with Crippen LogP contribution in [0.4, 0.5) is 0 Å². The van der Waals surface area contributed by atoms with Crippen molar-refractivity contribution in [2.75, 3.05) is 19.7 Å². The van der Waals surface area contributed by atoms with E-state index in [0.717, 1.165) is 38.2 Å². The lowest BCUT2D eigenvalue weighted by molar-refractivity contribution is -0.208. The molecule has 1 spiro atoms. The number of carbonyl (C=O) groups excluding carboxylic acids is 1. The normalized spacial score (nSPS) is 27.1. The minimum Gasteiger partial charge on any atom is -0.388 e. The number of likely N-dealkylation sites (tertiary alicyclic amines) is 1. The Hall–Kier alpha value is -2.22. The predicted molar refractivity (Wildman–Crippen MR) is 110 cm³/mol. The van der Waals surface area contributed by atoms with Crippen LogP contribution in [-0.4, -0.2) is 62.6 Å². The first-order valence-corrected chi connectivity index (χ1v) is 10.3. The quantitative estimate of drug-likeness (QED) is 0.822. The van der Waals surface area contributed by atoms with Gasteiger partial charge in [-0.1, -0.05) is 18.2 Å². The fraction of sp³-hybridized carbons (Fsp3) is 0.545. The summed E-state index contributed by atoms with van der Waals surface area (Å²) in [5.41, 5.74) is 1.08. The number of ether oxygens (including phenoxy) is 1. The predicted octanol–water partition coefficient (Wildman–Crippen LogP) is 1.88. The number of amides is 1. The SMILES string of the molecule is CC(=O)N[C@@]1(C)CCOC2(CCN(Cc3ccccc3-n3cccn3)CC2)[C@@H]1O. The molecule has 2 saturated heterocycles. The van der Waals surface area contributed by atoms with Crippen LogP contribution >= 0.6 is 0 Å². The lowest BCUT2D eigenvalue weighted by atomic mass is 9.73. The van der Waals surface area contributed by atoms with Gasteiger partial charge < -0.3 is 15.2 Å². The van der Waals surface area contributed by atoms with Crippen molar-refractivity contribution in [3.05, 3.63) is 48.3 Å². The average Bonchev–Trinajstić information content (AvgIpc) is 3.22. The highest BCUT2D eigenvalue weighted by Crippen LogP contribution is 2.40. The summed E-state index contributed by atoms with van der Waals surface area (Å²) < 4.78 is 8.03. The number of hydrogen-bond acceptors (Lipinski definition) is 5. The molecule has 2 atom stereocenters. The molecule has 0 bridgehead atoms. The van der Waals surface area contributed by atoms with Crippen molar-refractivity contribution in [3.63, 3.8) is 0 Å².